The van der Waals surface area contributed by atoms with Gasteiger partial charge < -0.3 is 10.1 Å². The van der Waals surface area contributed by atoms with Gasteiger partial charge in [0, 0.05) is 11.1 Å². The van der Waals surface area contributed by atoms with Crippen LogP contribution in [-0.4, -0.2) is 19.8 Å². The lowest BCUT2D eigenvalue weighted by Crippen LogP contribution is -2.27. The first-order chi connectivity index (χ1) is 9.90. The van der Waals surface area contributed by atoms with Crippen LogP contribution in [0, 0.1) is 0 Å². The Bertz CT molecular complexity index is 437. The molecule has 1 atom stereocenters. The standard InChI is InChI=1S/C15H21BrF3NO/c1-3-7-20-14(10-21-8-4-2)11-5-6-13(16)12(9-11)15(17,18)19/h5-6,9,14,20H,3-4,7-8,10H2,1-2H3. The lowest BCUT2D eigenvalue weighted by atomic mass is 10.0. The Morgan fingerprint density at radius 2 is 1.95 bits per heavy atom. The summed E-state index contributed by atoms with van der Waals surface area (Å²) in [5.74, 6) is 0. The Morgan fingerprint density at radius 1 is 1.24 bits per heavy atom. The van der Waals surface area contributed by atoms with Crippen LogP contribution in [0.4, 0.5) is 13.2 Å². The van der Waals surface area contributed by atoms with Gasteiger partial charge >= 0.3 is 6.18 Å². The van der Waals surface area contributed by atoms with Gasteiger partial charge in [0.2, 0.25) is 0 Å². The zero-order valence-electron chi connectivity index (χ0n) is 12.3. The normalized spacial score (nSPS) is 13.4. The van der Waals surface area contributed by atoms with Crippen LogP contribution in [0.5, 0.6) is 0 Å². The molecule has 0 radical (unpaired) electrons. The van der Waals surface area contributed by atoms with Gasteiger partial charge in [-0.25, -0.2) is 0 Å². The maximum absolute atomic E-state index is 13.0. The second kappa shape index (κ2) is 8.76. The molecular weight excluding hydrogens is 347 g/mol. The molecular formula is C15H21BrF3NO. The van der Waals surface area contributed by atoms with Crippen molar-refractivity contribution in [1.29, 1.82) is 0 Å². The molecule has 2 nitrogen and oxygen atoms in total. The van der Waals surface area contributed by atoms with Crippen molar-refractivity contribution in [3.63, 3.8) is 0 Å². The Balaban J connectivity index is 2.95. The SMILES string of the molecule is CCCNC(COCCC)c1ccc(Br)c(C(F)(F)F)c1. The molecule has 1 rings (SSSR count). The van der Waals surface area contributed by atoms with E-state index in [1.54, 1.807) is 6.07 Å². The number of hydrogen-bond donors (Lipinski definition) is 1. The number of alkyl halides is 3. The second-order valence-corrected chi connectivity index (χ2v) is 5.67. The molecule has 0 aliphatic carbocycles. The van der Waals surface area contributed by atoms with Gasteiger partial charge in [0.15, 0.2) is 0 Å². The van der Waals surface area contributed by atoms with E-state index in [2.05, 4.69) is 21.2 Å². The second-order valence-electron chi connectivity index (χ2n) is 4.82. The van der Waals surface area contributed by atoms with Crippen LogP contribution in [0.15, 0.2) is 22.7 Å². The molecule has 1 aromatic rings. The molecule has 0 aliphatic rings. The fourth-order valence-corrected chi connectivity index (χ4v) is 2.39. The number of rotatable bonds is 8. The smallest absolute Gasteiger partial charge is 0.379 e. The van der Waals surface area contributed by atoms with Gasteiger partial charge in [-0.3, -0.25) is 0 Å². The van der Waals surface area contributed by atoms with Crippen LogP contribution >= 0.6 is 15.9 Å². The summed E-state index contributed by atoms with van der Waals surface area (Å²) in [6, 6.07) is 4.10. The summed E-state index contributed by atoms with van der Waals surface area (Å²) in [4.78, 5) is 0. The van der Waals surface area contributed by atoms with E-state index in [1.807, 2.05) is 13.8 Å². The fraction of sp³-hybridized carbons (Fsp3) is 0.600. The van der Waals surface area contributed by atoms with Crippen molar-refractivity contribution in [3.05, 3.63) is 33.8 Å². The summed E-state index contributed by atoms with van der Waals surface area (Å²) in [5.41, 5.74) is -0.0612. The maximum atomic E-state index is 13.0. The lowest BCUT2D eigenvalue weighted by molar-refractivity contribution is -0.138. The average molecular weight is 368 g/mol. The van der Waals surface area contributed by atoms with Crippen molar-refractivity contribution in [2.45, 2.75) is 38.9 Å². The fourth-order valence-electron chi connectivity index (χ4n) is 1.91. The average Bonchev–Trinajstić information content (AvgIpc) is 2.42. The molecule has 0 aromatic heterocycles. The third-order valence-electron chi connectivity index (χ3n) is 2.97. The van der Waals surface area contributed by atoms with Crippen LogP contribution in [0.2, 0.25) is 0 Å². The minimum absolute atomic E-state index is 0.0578. The summed E-state index contributed by atoms with van der Waals surface area (Å²) < 4.78 is 44.5. The van der Waals surface area contributed by atoms with Gasteiger partial charge in [0.25, 0.3) is 0 Å². The number of ether oxygens (including phenoxy) is 1. The van der Waals surface area contributed by atoms with Crippen molar-refractivity contribution < 1.29 is 17.9 Å². The maximum Gasteiger partial charge on any atom is 0.417 e. The highest BCUT2D eigenvalue weighted by Gasteiger charge is 2.33. The highest BCUT2D eigenvalue weighted by Crippen LogP contribution is 2.36. The Morgan fingerprint density at radius 3 is 2.52 bits per heavy atom. The third-order valence-corrected chi connectivity index (χ3v) is 3.66. The summed E-state index contributed by atoms with van der Waals surface area (Å²) in [7, 11) is 0. The van der Waals surface area contributed by atoms with E-state index < -0.39 is 11.7 Å². The van der Waals surface area contributed by atoms with Gasteiger partial charge in [0.05, 0.1) is 18.2 Å². The minimum atomic E-state index is -4.37. The van der Waals surface area contributed by atoms with Gasteiger partial charge in [-0.15, -0.1) is 0 Å². The summed E-state index contributed by atoms with van der Waals surface area (Å²) in [6.07, 6.45) is -2.57. The first-order valence-corrected chi connectivity index (χ1v) is 7.87. The van der Waals surface area contributed by atoms with Crippen LogP contribution < -0.4 is 5.32 Å². The molecule has 0 amide bonds. The lowest BCUT2D eigenvalue weighted by Gasteiger charge is -2.21. The van der Waals surface area contributed by atoms with Crippen LogP contribution in [0.3, 0.4) is 0 Å². The molecule has 0 saturated heterocycles. The Kier molecular flexibility index (Phi) is 7.70. The highest BCUT2D eigenvalue weighted by molar-refractivity contribution is 9.10. The molecule has 1 aromatic carbocycles. The number of benzene rings is 1. The number of hydrogen-bond acceptors (Lipinski definition) is 2. The topological polar surface area (TPSA) is 21.3 Å². The van der Waals surface area contributed by atoms with Crippen LogP contribution in [-0.2, 0) is 10.9 Å². The molecule has 6 heteroatoms. The van der Waals surface area contributed by atoms with E-state index in [4.69, 9.17) is 4.74 Å². The first-order valence-electron chi connectivity index (χ1n) is 7.07. The molecule has 21 heavy (non-hydrogen) atoms. The van der Waals surface area contributed by atoms with Crippen molar-refractivity contribution in [1.82, 2.24) is 5.32 Å². The molecule has 0 spiro atoms. The Labute approximate surface area is 132 Å². The third kappa shape index (κ3) is 5.96. The minimum Gasteiger partial charge on any atom is -0.379 e. The zero-order valence-corrected chi connectivity index (χ0v) is 13.9. The highest BCUT2D eigenvalue weighted by atomic mass is 79.9. The van der Waals surface area contributed by atoms with Crippen molar-refractivity contribution in [2.24, 2.45) is 0 Å². The van der Waals surface area contributed by atoms with E-state index in [1.165, 1.54) is 12.1 Å². The molecule has 0 aliphatic heterocycles. The van der Waals surface area contributed by atoms with Crippen molar-refractivity contribution >= 4 is 15.9 Å². The number of halogens is 4. The Hall–Kier alpha value is -0.590. The van der Waals surface area contributed by atoms with Crippen molar-refractivity contribution in [3.8, 4) is 0 Å². The van der Waals surface area contributed by atoms with Crippen LogP contribution in [0.25, 0.3) is 0 Å². The molecule has 0 saturated carbocycles. The predicted octanol–water partition coefficient (Wildman–Crippen LogP) is 4.94. The van der Waals surface area contributed by atoms with E-state index in [0.29, 0.717) is 18.8 Å². The molecule has 0 fully saturated rings. The van der Waals surface area contributed by atoms with E-state index in [0.717, 1.165) is 19.4 Å². The predicted molar refractivity (Wildman–Crippen MR) is 81.3 cm³/mol. The largest absolute Gasteiger partial charge is 0.417 e. The van der Waals surface area contributed by atoms with E-state index >= 15 is 0 Å². The summed E-state index contributed by atoms with van der Waals surface area (Å²) >= 11 is 2.96. The quantitative estimate of drug-likeness (QED) is 0.657. The van der Waals surface area contributed by atoms with Gasteiger partial charge in [-0.05, 0) is 37.1 Å². The molecule has 1 N–H and O–H groups in total. The molecule has 0 heterocycles. The summed E-state index contributed by atoms with van der Waals surface area (Å²) in [6.45, 7) is 5.72. The van der Waals surface area contributed by atoms with E-state index in [-0.39, 0.29) is 10.5 Å². The van der Waals surface area contributed by atoms with E-state index in [9.17, 15) is 13.2 Å². The van der Waals surface area contributed by atoms with Gasteiger partial charge in [-0.2, -0.15) is 13.2 Å². The molecule has 120 valence electrons. The number of nitrogens with one attached hydrogen (secondary N) is 1. The van der Waals surface area contributed by atoms with Crippen LogP contribution in [0.1, 0.15) is 43.9 Å². The molecule has 0 bridgehead atoms. The zero-order chi connectivity index (χ0) is 15.9. The van der Waals surface area contributed by atoms with Crippen molar-refractivity contribution in [2.75, 3.05) is 19.8 Å². The van der Waals surface area contributed by atoms with Gasteiger partial charge in [-0.1, -0.05) is 35.8 Å². The molecule has 1 unspecified atom stereocenters. The monoisotopic (exact) mass is 367 g/mol. The van der Waals surface area contributed by atoms with Gasteiger partial charge in [0.1, 0.15) is 0 Å². The summed E-state index contributed by atoms with van der Waals surface area (Å²) in [5, 5.41) is 3.24. The first kappa shape index (κ1) is 18.5.